The van der Waals surface area contributed by atoms with E-state index in [0.29, 0.717) is 23.8 Å². The lowest BCUT2D eigenvalue weighted by molar-refractivity contribution is -0.117. The van der Waals surface area contributed by atoms with Gasteiger partial charge in [0.2, 0.25) is 5.91 Å². The second kappa shape index (κ2) is 8.47. The molecule has 0 unspecified atom stereocenters. The zero-order valence-corrected chi connectivity index (χ0v) is 12.9. The third kappa shape index (κ3) is 6.09. The average Bonchev–Trinajstić information content (AvgIpc) is 2.45. The molecule has 0 bridgehead atoms. The summed E-state index contributed by atoms with van der Waals surface area (Å²) >= 11 is 0. The lowest BCUT2D eigenvalue weighted by Crippen LogP contribution is -2.28. The van der Waals surface area contributed by atoms with Crippen molar-refractivity contribution in [1.82, 2.24) is 5.32 Å². The second-order valence-corrected chi connectivity index (χ2v) is 5.18. The molecule has 2 amide bonds. The van der Waals surface area contributed by atoms with Gasteiger partial charge in [-0.1, -0.05) is 19.9 Å². The summed E-state index contributed by atoms with van der Waals surface area (Å²) in [6.07, 6.45) is 1.35. The van der Waals surface area contributed by atoms with Crippen LogP contribution in [0.4, 0.5) is 11.4 Å². The van der Waals surface area contributed by atoms with Crippen LogP contribution in [0.25, 0.3) is 0 Å². The molecule has 6 heteroatoms. The first-order valence-electron chi connectivity index (χ1n) is 6.95. The van der Waals surface area contributed by atoms with Gasteiger partial charge in [-0.15, -0.1) is 0 Å². The first-order valence-corrected chi connectivity index (χ1v) is 6.95. The van der Waals surface area contributed by atoms with E-state index in [2.05, 4.69) is 16.0 Å². The highest BCUT2D eigenvalue weighted by Gasteiger charge is 2.08. The zero-order chi connectivity index (χ0) is 16.5. The number of rotatable bonds is 6. The fourth-order valence-corrected chi connectivity index (χ4v) is 1.59. The van der Waals surface area contributed by atoms with Gasteiger partial charge in [-0.05, 0) is 24.1 Å². The van der Waals surface area contributed by atoms with E-state index in [9.17, 15) is 9.59 Å². The van der Waals surface area contributed by atoms with Gasteiger partial charge >= 0.3 is 0 Å². The largest absolute Gasteiger partial charge is 0.360 e. The van der Waals surface area contributed by atoms with Crippen LogP contribution in [-0.4, -0.2) is 18.4 Å². The lowest BCUT2D eigenvalue weighted by Gasteiger charge is -2.08. The Bertz CT molecular complexity index is 615. The van der Waals surface area contributed by atoms with Crippen molar-refractivity contribution in [3.8, 4) is 6.07 Å². The van der Waals surface area contributed by atoms with Crippen molar-refractivity contribution in [3.63, 3.8) is 0 Å². The maximum atomic E-state index is 11.8. The molecule has 0 heterocycles. The average molecular weight is 300 g/mol. The van der Waals surface area contributed by atoms with Gasteiger partial charge in [-0.3, -0.25) is 9.59 Å². The number of benzene rings is 1. The molecule has 0 aliphatic heterocycles. The summed E-state index contributed by atoms with van der Waals surface area (Å²) < 4.78 is 0. The molecule has 0 saturated carbocycles. The van der Waals surface area contributed by atoms with E-state index in [4.69, 9.17) is 5.26 Å². The van der Waals surface area contributed by atoms with Crippen molar-refractivity contribution < 1.29 is 9.59 Å². The van der Waals surface area contributed by atoms with Crippen LogP contribution in [0.2, 0.25) is 0 Å². The number of hydrogen-bond donors (Lipinski definition) is 3. The van der Waals surface area contributed by atoms with Gasteiger partial charge < -0.3 is 16.0 Å². The minimum absolute atomic E-state index is 0.00872. The zero-order valence-electron chi connectivity index (χ0n) is 12.9. The van der Waals surface area contributed by atoms with Crippen molar-refractivity contribution in [2.45, 2.75) is 20.8 Å². The van der Waals surface area contributed by atoms with E-state index in [1.54, 1.807) is 24.3 Å². The van der Waals surface area contributed by atoms with Crippen LogP contribution in [0, 0.1) is 17.2 Å². The van der Waals surface area contributed by atoms with E-state index >= 15 is 0 Å². The molecule has 0 aromatic heterocycles. The number of anilines is 2. The highest BCUT2D eigenvalue weighted by molar-refractivity contribution is 5.97. The number of amides is 2. The van der Waals surface area contributed by atoms with Crippen LogP contribution in [0.15, 0.2) is 36.0 Å². The number of carbonyl (C=O) groups excluding carboxylic acids is 2. The molecular formula is C16H20N4O2. The smallest absolute Gasteiger partial charge is 0.263 e. The van der Waals surface area contributed by atoms with Crippen molar-refractivity contribution in [1.29, 1.82) is 5.26 Å². The number of hydrogen-bond acceptors (Lipinski definition) is 4. The maximum Gasteiger partial charge on any atom is 0.263 e. The fraction of sp³-hybridized carbons (Fsp3) is 0.312. The summed E-state index contributed by atoms with van der Waals surface area (Å²) in [6.45, 7) is 5.88. The molecule has 1 aromatic rings. The van der Waals surface area contributed by atoms with Crippen LogP contribution in [-0.2, 0) is 9.59 Å². The highest BCUT2D eigenvalue weighted by atomic mass is 16.2. The van der Waals surface area contributed by atoms with Gasteiger partial charge in [0, 0.05) is 31.0 Å². The molecular weight excluding hydrogens is 280 g/mol. The summed E-state index contributed by atoms with van der Waals surface area (Å²) in [7, 11) is 0. The Balaban J connectivity index is 2.74. The van der Waals surface area contributed by atoms with Crippen LogP contribution in [0.3, 0.4) is 0 Å². The van der Waals surface area contributed by atoms with Crippen molar-refractivity contribution in [2.75, 3.05) is 17.2 Å². The second-order valence-electron chi connectivity index (χ2n) is 5.18. The molecule has 0 saturated heterocycles. The van der Waals surface area contributed by atoms with Crippen molar-refractivity contribution in [2.24, 2.45) is 5.92 Å². The molecule has 6 nitrogen and oxygen atoms in total. The molecule has 0 spiro atoms. The van der Waals surface area contributed by atoms with E-state index < -0.39 is 5.91 Å². The molecule has 0 aliphatic carbocycles. The summed E-state index contributed by atoms with van der Waals surface area (Å²) in [4.78, 5) is 22.8. The van der Waals surface area contributed by atoms with E-state index in [1.807, 2.05) is 19.9 Å². The Hall–Kier alpha value is -2.81. The summed E-state index contributed by atoms with van der Waals surface area (Å²) in [5.74, 6) is -0.272. The predicted molar refractivity (Wildman–Crippen MR) is 85.9 cm³/mol. The molecule has 0 fully saturated rings. The number of nitrogens with zero attached hydrogens (tertiary/aromatic N) is 1. The van der Waals surface area contributed by atoms with Crippen molar-refractivity contribution in [3.05, 3.63) is 36.0 Å². The third-order valence-electron chi connectivity index (χ3n) is 2.60. The van der Waals surface area contributed by atoms with Crippen LogP contribution >= 0.6 is 0 Å². The van der Waals surface area contributed by atoms with Crippen LogP contribution in [0.5, 0.6) is 0 Å². The normalized spacial score (nSPS) is 10.8. The van der Waals surface area contributed by atoms with Gasteiger partial charge in [-0.25, -0.2) is 0 Å². The Morgan fingerprint density at radius 1 is 1.32 bits per heavy atom. The molecule has 0 aliphatic rings. The standard InChI is InChI=1S/C16H20N4O2/c1-11(2)9-19-16(22)13(8-17)10-18-14-5-4-6-15(7-14)20-12(3)21/h4-7,10-11,18H,9H2,1-3H3,(H,19,22)(H,20,21)/b13-10-. The summed E-state index contributed by atoms with van der Waals surface area (Å²) in [5, 5.41) is 17.3. The quantitative estimate of drug-likeness (QED) is 0.554. The first-order chi connectivity index (χ1) is 10.4. The van der Waals surface area contributed by atoms with Gasteiger partial charge in [-0.2, -0.15) is 5.26 Å². The molecule has 1 aromatic carbocycles. The molecule has 0 radical (unpaired) electrons. The minimum atomic E-state index is -0.415. The highest BCUT2D eigenvalue weighted by Crippen LogP contribution is 2.15. The topological polar surface area (TPSA) is 94.0 Å². The monoisotopic (exact) mass is 300 g/mol. The molecule has 22 heavy (non-hydrogen) atoms. The third-order valence-corrected chi connectivity index (χ3v) is 2.60. The number of carbonyl (C=O) groups is 2. The van der Waals surface area contributed by atoms with Gasteiger partial charge in [0.15, 0.2) is 0 Å². The Kier molecular flexibility index (Phi) is 6.64. The molecule has 1 rings (SSSR count). The van der Waals surface area contributed by atoms with E-state index in [1.165, 1.54) is 13.1 Å². The van der Waals surface area contributed by atoms with Crippen LogP contribution < -0.4 is 16.0 Å². The molecule has 0 atom stereocenters. The Morgan fingerprint density at radius 3 is 2.59 bits per heavy atom. The summed E-state index contributed by atoms with van der Waals surface area (Å²) in [5.41, 5.74) is 1.29. The maximum absolute atomic E-state index is 11.8. The Labute approximate surface area is 130 Å². The van der Waals surface area contributed by atoms with Gasteiger partial charge in [0.25, 0.3) is 5.91 Å². The SMILES string of the molecule is CC(=O)Nc1cccc(N/C=C(/C#N)C(=O)NCC(C)C)c1. The number of nitriles is 1. The first kappa shape index (κ1) is 17.2. The fourth-order valence-electron chi connectivity index (χ4n) is 1.59. The number of nitrogens with one attached hydrogen (secondary N) is 3. The van der Waals surface area contributed by atoms with E-state index in [0.717, 1.165) is 0 Å². The van der Waals surface area contributed by atoms with Gasteiger partial charge in [0.05, 0.1) is 0 Å². The van der Waals surface area contributed by atoms with Gasteiger partial charge in [0.1, 0.15) is 11.6 Å². The Morgan fingerprint density at radius 2 is 2.00 bits per heavy atom. The predicted octanol–water partition coefficient (Wildman–Crippen LogP) is 2.24. The molecule has 116 valence electrons. The van der Waals surface area contributed by atoms with Crippen LogP contribution in [0.1, 0.15) is 20.8 Å². The van der Waals surface area contributed by atoms with Crippen molar-refractivity contribution >= 4 is 23.2 Å². The molecule has 3 N–H and O–H groups in total. The van der Waals surface area contributed by atoms with E-state index in [-0.39, 0.29) is 11.5 Å². The minimum Gasteiger partial charge on any atom is -0.360 e. The summed E-state index contributed by atoms with van der Waals surface area (Å²) in [6, 6.07) is 8.84. The lowest BCUT2D eigenvalue weighted by atomic mass is 10.2.